The SMILES string of the molecule is O=C(O)c1cnn2c(Cl)c(-c3c(F)cccc3F)c(Cl)nc12. The number of aromatic nitrogens is 3. The minimum absolute atomic E-state index is 0.122. The Kier molecular flexibility index (Phi) is 3.46. The number of hydrogen-bond donors (Lipinski definition) is 1. The maximum Gasteiger partial charge on any atom is 0.341 e. The Morgan fingerprint density at radius 2 is 1.82 bits per heavy atom. The van der Waals surface area contributed by atoms with Crippen LogP contribution in [-0.2, 0) is 0 Å². The Morgan fingerprint density at radius 3 is 2.41 bits per heavy atom. The topological polar surface area (TPSA) is 67.5 Å². The normalized spacial score (nSPS) is 11.1. The van der Waals surface area contributed by atoms with Crippen molar-refractivity contribution in [2.75, 3.05) is 0 Å². The zero-order valence-corrected chi connectivity index (χ0v) is 12.0. The van der Waals surface area contributed by atoms with Crippen molar-refractivity contribution in [2.45, 2.75) is 0 Å². The molecule has 1 aromatic carbocycles. The van der Waals surface area contributed by atoms with Crippen LogP contribution in [0.2, 0.25) is 10.3 Å². The van der Waals surface area contributed by atoms with Gasteiger partial charge in [-0.2, -0.15) is 5.10 Å². The minimum atomic E-state index is -1.28. The van der Waals surface area contributed by atoms with Crippen molar-refractivity contribution in [1.29, 1.82) is 0 Å². The van der Waals surface area contributed by atoms with Gasteiger partial charge in [0.15, 0.2) is 5.65 Å². The molecule has 0 aliphatic heterocycles. The monoisotopic (exact) mass is 343 g/mol. The van der Waals surface area contributed by atoms with Crippen molar-refractivity contribution in [3.05, 3.63) is 51.9 Å². The molecule has 0 saturated heterocycles. The molecular weight excluding hydrogens is 339 g/mol. The van der Waals surface area contributed by atoms with Crippen molar-refractivity contribution in [1.82, 2.24) is 14.6 Å². The maximum absolute atomic E-state index is 13.9. The molecule has 5 nitrogen and oxygen atoms in total. The van der Waals surface area contributed by atoms with Gasteiger partial charge in [-0.25, -0.2) is 23.1 Å². The Balaban J connectivity index is 2.40. The molecule has 1 N–H and O–H groups in total. The van der Waals surface area contributed by atoms with Crippen molar-refractivity contribution in [3.8, 4) is 11.1 Å². The lowest BCUT2D eigenvalue weighted by Crippen LogP contribution is -2.02. The van der Waals surface area contributed by atoms with Gasteiger partial charge >= 0.3 is 5.97 Å². The van der Waals surface area contributed by atoms with Gasteiger partial charge in [0.2, 0.25) is 0 Å². The van der Waals surface area contributed by atoms with Crippen LogP contribution in [-0.4, -0.2) is 25.7 Å². The van der Waals surface area contributed by atoms with Crippen LogP contribution in [0.3, 0.4) is 0 Å². The van der Waals surface area contributed by atoms with E-state index >= 15 is 0 Å². The molecule has 9 heteroatoms. The standard InChI is InChI=1S/C13H5Cl2F2N3O2/c14-10-9(8-6(16)2-1-3-7(8)17)11(15)20-12(19-10)5(4-18-20)13(21)22/h1-4H,(H,21,22). The molecule has 3 aromatic rings. The van der Waals surface area contributed by atoms with Gasteiger partial charge < -0.3 is 5.11 Å². The van der Waals surface area contributed by atoms with E-state index in [1.165, 1.54) is 6.07 Å². The van der Waals surface area contributed by atoms with E-state index in [0.29, 0.717) is 0 Å². The highest BCUT2D eigenvalue weighted by molar-refractivity contribution is 6.38. The van der Waals surface area contributed by atoms with Crippen LogP contribution in [0.5, 0.6) is 0 Å². The molecule has 0 unspecified atom stereocenters. The number of carbonyl (C=O) groups is 1. The van der Waals surface area contributed by atoms with E-state index in [0.717, 1.165) is 22.8 Å². The van der Waals surface area contributed by atoms with E-state index < -0.39 is 23.2 Å². The van der Waals surface area contributed by atoms with Crippen LogP contribution in [0.15, 0.2) is 24.4 Å². The number of fused-ring (bicyclic) bond motifs is 1. The number of benzene rings is 1. The molecule has 2 aromatic heterocycles. The van der Waals surface area contributed by atoms with E-state index in [1.54, 1.807) is 0 Å². The van der Waals surface area contributed by atoms with Gasteiger partial charge in [0.1, 0.15) is 27.5 Å². The number of nitrogens with zero attached hydrogens (tertiary/aromatic N) is 3. The molecular formula is C13H5Cl2F2N3O2. The van der Waals surface area contributed by atoms with Crippen LogP contribution < -0.4 is 0 Å². The number of carboxylic acids is 1. The van der Waals surface area contributed by atoms with Gasteiger partial charge in [-0.05, 0) is 12.1 Å². The Morgan fingerprint density at radius 1 is 1.18 bits per heavy atom. The van der Waals surface area contributed by atoms with Gasteiger partial charge in [-0.3, -0.25) is 0 Å². The first kappa shape index (κ1) is 14.7. The lowest BCUT2D eigenvalue weighted by molar-refractivity contribution is 0.0698. The van der Waals surface area contributed by atoms with E-state index in [-0.39, 0.29) is 27.1 Å². The molecule has 0 saturated carbocycles. The van der Waals surface area contributed by atoms with Crippen molar-refractivity contribution in [3.63, 3.8) is 0 Å². The Bertz CT molecular complexity index is 907. The second kappa shape index (κ2) is 5.19. The fraction of sp³-hybridized carbons (Fsp3) is 0. The summed E-state index contributed by atoms with van der Waals surface area (Å²) in [6.45, 7) is 0. The maximum atomic E-state index is 13.9. The number of hydrogen-bond acceptors (Lipinski definition) is 3. The van der Waals surface area contributed by atoms with Crippen LogP contribution in [0.25, 0.3) is 16.8 Å². The third-order valence-electron chi connectivity index (χ3n) is 2.99. The molecule has 0 atom stereocenters. The van der Waals surface area contributed by atoms with E-state index in [2.05, 4.69) is 10.1 Å². The molecule has 0 fully saturated rings. The van der Waals surface area contributed by atoms with Gasteiger partial charge in [-0.1, -0.05) is 29.3 Å². The van der Waals surface area contributed by atoms with E-state index in [4.69, 9.17) is 28.3 Å². The molecule has 2 heterocycles. The lowest BCUT2D eigenvalue weighted by atomic mass is 10.1. The summed E-state index contributed by atoms with van der Waals surface area (Å²) in [6.07, 6.45) is 1.02. The van der Waals surface area contributed by atoms with Crippen LogP contribution >= 0.6 is 23.2 Å². The highest BCUT2D eigenvalue weighted by atomic mass is 35.5. The second-order valence-corrected chi connectivity index (χ2v) is 4.98. The van der Waals surface area contributed by atoms with Gasteiger partial charge in [0.25, 0.3) is 0 Å². The van der Waals surface area contributed by atoms with Crippen LogP contribution in [0.4, 0.5) is 8.78 Å². The number of carboxylic acid groups (broad SMARTS) is 1. The fourth-order valence-electron chi connectivity index (χ4n) is 2.03. The van der Waals surface area contributed by atoms with Crippen LogP contribution in [0, 0.1) is 11.6 Å². The predicted molar refractivity (Wildman–Crippen MR) is 75.3 cm³/mol. The van der Waals surface area contributed by atoms with E-state index in [1.807, 2.05) is 0 Å². The molecule has 0 radical (unpaired) electrons. The minimum Gasteiger partial charge on any atom is -0.477 e. The first-order valence-electron chi connectivity index (χ1n) is 5.82. The smallest absolute Gasteiger partial charge is 0.341 e. The van der Waals surface area contributed by atoms with E-state index in [9.17, 15) is 13.6 Å². The largest absolute Gasteiger partial charge is 0.477 e. The van der Waals surface area contributed by atoms with Gasteiger partial charge in [0, 0.05) is 0 Å². The predicted octanol–water partition coefficient (Wildman–Crippen LogP) is 3.68. The molecule has 0 aliphatic carbocycles. The molecule has 0 amide bonds. The number of rotatable bonds is 2. The molecule has 3 rings (SSSR count). The molecule has 0 spiro atoms. The summed E-state index contributed by atoms with van der Waals surface area (Å²) in [4.78, 5) is 14.9. The summed E-state index contributed by atoms with van der Waals surface area (Å²) in [6, 6.07) is 3.28. The average molecular weight is 344 g/mol. The van der Waals surface area contributed by atoms with Crippen molar-refractivity contribution < 1.29 is 18.7 Å². The third kappa shape index (κ3) is 2.10. The summed E-state index contributed by atoms with van der Waals surface area (Å²) in [5.41, 5.74) is -1.02. The molecule has 0 bridgehead atoms. The summed E-state index contributed by atoms with van der Waals surface area (Å²) in [7, 11) is 0. The lowest BCUT2D eigenvalue weighted by Gasteiger charge is -2.10. The Hall–Kier alpha value is -2.25. The second-order valence-electron chi connectivity index (χ2n) is 4.26. The van der Waals surface area contributed by atoms with Crippen molar-refractivity contribution >= 4 is 34.8 Å². The molecule has 22 heavy (non-hydrogen) atoms. The summed E-state index contributed by atoms with van der Waals surface area (Å²) >= 11 is 12.1. The third-order valence-corrected chi connectivity index (χ3v) is 3.61. The zero-order valence-electron chi connectivity index (χ0n) is 10.5. The number of aromatic carboxylic acids is 1. The first-order valence-corrected chi connectivity index (χ1v) is 6.57. The quantitative estimate of drug-likeness (QED) is 0.720. The summed E-state index contributed by atoms with van der Waals surface area (Å²) in [5.74, 6) is -3.04. The highest BCUT2D eigenvalue weighted by Gasteiger charge is 2.24. The molecule has 0 aliphatic rings. The summed E-state index contributed by atoms with van der Waals surface area (Å²) < 4.78 is 28.8. The fourth-order valence-corrected chi connectivity index (χ4v) is 2.65. The van der Waals surface area contributed by atoms with Crippen LogP contribution in [0.1, 0.15) is 10.4 Å². The van der Waals surface area contributed by atoms with Gasteiger partial charge in [0.05, 0.1) is 17.3 Å². The van der Waals surface area contributed by atoms with Gasteiger partial charge in [-0.15, -0.1) is 0 Å². The highest BCUT2D eigenvalue weighted by Crippen LogP contribution is 2.37. The number of halogens is 4. The molecule has 112 valence electrons. The zero-order chi connectivity index (χ0) is 16.0. The average Bonchev–Trinajstić information content (AvgIpc) is 2.85. The summed E-state index contributed by atoms with van der Waals surface area (Å²) in [5, 5.41) is 12.2. The first-order chi connectivity index (χ1) is 10.4. The van der Waals surface area contributed by atoms with Crippen molar-refractivity contribution in [2.24, 2.45) is 0 Å². The Labute approximate surface area is 131 Å².